The molecule has 1 aromatic rings. The molecule has 3 aliphatic carbocycles. The van der Waals surface area contributed by atoms with Crippen LogP contribution in [0.2, 0.25) is 0 Å². The predicted octanol–water partition coefficient (Wildman–Crippen LogP) is 4.68. The molecule has 4 atom stereocenters. The standard InChI is InChI=1S/C20H26O3/c1-3-23-19-11-13-12-6-8-20(2)7-4-5-16(20)14(12)9-17(21)15(13)10-18(19)22/h10-12,14,16,22H,3-9H2,1-2H3/t12-,14-,16+,20+/m1/s1. The first-order valence-corrected chi connectivity index (χ1v) is 9.06. The highest BCUT2D eigenvalue weighted by molar-refractivity contribution is 5.99. The van der Waals surface area contributed by atoms with E-state index in [1.54, 1.807) is 6.07 Å². The predicted molar refractivity (Wildman–Crippen MR) is 89.1 cm³/mol. The number of hydrogen-bond acceptors (Lipinski definition) is 3. The number of phenols is 1. The Morgan fingerprint density at radius 2 is 2.13 bits per heavy atom. The number of carbonyl (C=O) groups excluding carboxylic acids is 1. The van der Waals surface area contributed by atoms with Crippen LogP contribution in [0.25, 0.3) is 0 Å². The first-order valence-electron chi connectivity index (χ1n) is 9.06. The Labute approximate surface area is 138 Å². The van der Waals surface area contributed by atoms with E-state index < -0.39 is 0 Å². The maximum Gasteiger partial charge on any atom is 0.163 e. The summed E-state index contributed by atoms with van der Waals surface area (Å²) in [6, 6.07) is 3.59. The molecule has 0 radical (unpaired) electrons. The summed E-state index contributed by atoms with van der Waals surface area (Å²) < 4.78 is 5.56. The average Bonchev–Trinajstić information content (AvgIpc) is 2.91. The second-order valence-electron chi connectivity index (χ2n) is 7.93. The molecule has 3 aliphatic rings. The SMILES string of the molecule is CCOc1cc2c(cc1O)C(=O)C[C@@H]1[C@@H]2CC[C@]2(C)CCC[C@@H]12. The van der Waals surface area contributed by atoms with Crippen molar-refractivity contribution in [2.24, 2.45) is 17.3 Å². The summed E-state index contributed by atoms with van der Waals surface area (Å²) >= 11 is 0. The second-order valence-corrected chi connectivity index (χ2v) is 7.93. The maximum atomic E-state index is 12.7. The van der Waals surface area contributed by atoms with E-state index in [0.717, 1.165) is 17.5 Å². The van der Waals surface area contributed by atoms with Gasteiger partial charge in [-0.05, 0) is 73.5 Å². The number of fused-ring (bicyclic) bond motifs is 5. The number of benzene rings is 1. The summed E-state index contributed by atoms with van der Waals surface area (Å²) in [5, 5.41) is 10.1. The number of carbonyl (C=O) groups is 1. The lowest BCUT2D eigenvalue weighted by Crippen LogP contribution is -2.41. The van der Waals surface area contributed by atoms with Crippen molar-refractivity contribution in [2.45, 2.75) is 58.3 Å². The Morgan fingerprint density at radius 3 is 2.91 bits per heavy atom. The Kier molecular flexibility index (Phi) is 3.44. The van der Waals surface area contributed by atoms with Crippen LogP contribution in [-0.4, -0.2) is 17.5 Å². The molecule has 2 saturated carbocycles. The highest BCUT2D eigenvalue weighted by Crippen LogP contribution is 2.61. The first kappa shape index (κ1) is 15.0. The molecule has 0 spiro atoms. The summed E-state index contributed by atoms with van der Waals surface area (Å²) in [5.74, 6) is 2.45. The Morgan fingerprint density at radius 1 is 1.30 bits per heavy atom. The summed E-state index contributed by atoms with van der Waals surface area (Å²) in [4.78, 5) is 12.7. The van der Waals surface area contributed by atoms with Gasteiger partial charge in [0.15, 0.2) is 17.3 Å². The van der Waals surface area contributed by atoms with Crippen LogP contribution in [0, 0.1) is 17.3 Å². The van der Waals surface area contributed by atoms with Crippen molar-refractivity contribution < 1.29 is 14.6 Å². The molecule has 3 nitrogen and oxygen atoms in total. The van der Waals surface area contributed by atoms with Crippen molar-refractivity contribution in [1.82, 2.24) is 0 Å². The van der Waals surface area contributed by atoms with Crippen molar-refractivity contribution in [1.29, 1.82) is 0 Å². The lowest BCUT2D eigenvalue weighted by molar-refractivity contribution is 0.0526. The molecule has 3 heteroatoms. The number of rotatable bonds is 2. The number of phenolic OH excluding ortho intramolecular Hbond substituents is 1. The molecule has 1 N–H and O–H groups in total. The Hall–Kier alpha value is -1.51. The lowest BCUT2D eigenvalue weighted by Gasteiger charge is -2.48. The highest BCUT2D eigenvalue weighted by Gasteiger charge is 2.51. The van der Waals surface area contributed by atoms with Crippen LogP contribution in [0.15, 0.2) is 12.1 Å². The van der Waals surface area contributed by atoms with Gasteiger partial charge >= 0.3 is 0 Å². The minimum Gasteiger partial charge on any atom is -0.504 e. The fourth-order valence-corrected chi connectivity index (χ4v) is 5.68. The van der Waals surface area contributed by atoms with Crippen LogP contribution in [0.3, 0.4) is 0 Å². The minimum atomic E-state index is 0.0962. The van der Waals surface area contributed by atoms with Crippen molar-refractivity contribution in [2.75, 3.05) is 6.61 Å². The van der Waals surface area contributed by atoms with E-state index in [1.165, 1.54) is 25.7 Å². The van der Waals surface area contributed by atoms with E-state index in [1.807, 2.05) is 13.0 Å². The number of ether oxygens (including phenoxy) is 1. The van der Waals surface area contributed by atoms with E-state index in [-0.39, 0.29) is 11.5 Å². The summed E-state index contributed by atoms with van der Waals surface area (Å²) in [6.45, 7) is 4.87. The average molecular weight is 314 g/mol. The third-order valence-electron chi connectivity index (χ3n) is 6.77. The van der Waals surface area contributed by atoms with Gasteiger partial charge in [0, 0.05) is 12.0 Å². The molecule has 0 heterocycles. The lowest BCUT2D eigenvalue weighted by atomic mass is 9.55. The topological polar surface area (TPSA) is 46.5 Å². The van der Waals surface area contributed by atoms with Gasteiger partial charge in [0.2, 0.25) is 0 Å². The molecule has 0 unspecified atom stereocenters. The van der Waals surface area contributed by atoms with Crippen molar-refractivity contribution >= 4 is 5.78 Å². The van der Waals surface area contributed by atoms with Crippen LogP contribution in [0.5, 0.6) is 11.5 Å². The van der Waals surface area contributed by atoms with Crippen molar-refractivity contribution in [3.8, 4) is 11.5 Å². The second kappa shape index (κ2) is 5.25. The molecule has 0 aromatic heterocycles. The van der Waals surface area contributed by atoms with Crippen molar-refractivity contribution in [3.05, 3.63) is 23.3 Å². The quantitative estimate of drug-likeness (QED) is 0.862. The molecule has 23 heavy (non-hydrogen) atoms. The Balaban J connectivity index is 1.77. The molecular weight excluding hydrogens is 288 g/mol. The molecule has 0 bridgehead atoms. The third kappa shape index (κ3) is 2.20. The van der Waals surface area contributed by atoms with Gasteiger partial charge in [0.05, 0.1) is 6.61 Å². The number of Topliss-reactive ketones (excluding diaryl/α,β-unsaturated/α-hetero) is 1. The number of aromatic hydroxyl groups is 1. The normalized spacial score (nSPS) is 35.4. The zero-order valence-electron chi connectivity index (χ0n) is 14.1. The molecule has 124 valence electrons. The van der Waals surface area contributed by atoms with E-state index in [9.17, 15) is 9.90 Å². The molecule has 0 saturated heterocycles. The van der Waals surface area contributed by atoms with Gasteiger partial charge in [-0.1, -0.05) is 13.3 Å². The van der Waals surface area contributed by atoms with Crippen LogP contribution in [0.4, 0.5) is 0 Å². The van der Waals surface area contributed by atoms with E-state index in [0.29, 0.717) is 41.9 Å². The number of ketones is 1. The van der Waals surface area contributed by atoms with Gasteiger partial charge < -0.3 is 9.84 Å². The minimum absolute atomic E-state index is 0.0962. The summed E-state index contributed by atoms with van der Waals surface area (Å²) in [6.07, 6.45) is 6.99. The monoisotopic (exact) mass is 314 g/mol. The summed E-state index contributed by atoms with van der Waals surface area (Å²) in [7, 11) is 0. The smallest absolute Gasteiger partial charge is 0.163 e. The van der Waals surface area contributed by atoms with Gasteiger partial charge in [0.25, 0.3) is 0 Å². The van der Waals surface area contributed by atoms with E-state index >= 15 is 0 Å². The van der Waals surface area contributed by atoms with E-state index in [2.05, 4.69) is 6.92 Å². The third-order valence-corrected chi connectivity index (χ3v) is 6.77. The Bertz CT molecular complexity index is 651. The fourth-order valence-electron chi connectivity index (χ4n) is 5.68. The van der Waals surface area contributed by atoms with Gasteiger partial charge in [-0.2, -0.15) is 0 Å². The summed E-state index contributed by atoms with van der Waals surface area (Å²) in [5.41, 5.74) is 2.30. The van der Waals surface area contributed by atoms with Gasteiger partial charge in [0.1, 0.15) is 0 Å². The first-order chi connectivity index (χ1) is 11.0. The zero-order chi connectivity index (χ0) is 16.2. The van der Waals surface area contributed by atoms with Crippen LogP contribution < -0.4 is 4.74 Å². The zero-order valence-corrected chi connectivity index (χ0v) is 14.1. The van der Waals surface area contributed by atoms with Crippen molar-refractivity contribution in [3.63, 3.8) is 0 Å². The van der Waals surface area contributed by atoms with Gasteiger partial charge in [-0.25, -0.2) is 0 Å². The molecule has 4 rings (SSSR count). The maximum absolute atomic E-state index is 12.7. The van der Waals surface area contributed by atoms with Crippen LogP contribution in [0.1, 0.15) is 74.2 Å². The van der Waals surface area contributed by atoms with Crippen LogP contribution in [-0.2, 0) is 0 Å². The van der Waals surface area contributed by atoms with E-state index in [4.69, 9.17) is 4.74 Å². The fraction of sp³-hybridized carbons (Fsp3) is 0.650. The van der Waals surface area contributed by atoms with Gasteiger partial charge in [-0.15, -0.1) is 0 Å². The molecular formula is C20H26O3. The molecule has 1 aromatic carbocycles. The highest BCUT2D eigenvalue weighted by atomic mass is 16.5. The molecule has 0 aliphatic heterocycles. The number of hydrogen-bond donors (Lipinski definition) is 1. The molecule has 2 fully saturated rings. The molecule has 0 amide bonds. The van der Waals surface area contributed by atoms with Crippen LogP contribution >= 0.6 is 0 Å². The van der Waals surface area contributed by atoms with Gasteiger partial charge in [-0.3, -0.25) is 4.79 Å². The largest absolute Gasteiger partial charge is 0.504 e.